The van der Waals surface area contributed by atoms with E-state index in [1.807, 2.05) is 6.08 Å². The van der Waals surface area contributed by atoms with Crippen LogP contribution in [0.1, 0.15) is 25.8 Å². The van der Waals surface area contributed by atoms with Crippen molar-refractivity contribution in [3.05, 3.63) is 47.8 Å². The minimum atomic E-state index is -0.940. The fourth-order valence-electron chi connectivity index (χ4n) is 1.85. The molecule has 0 bridgehead atoms. The van der Waals surface area contributed by atoms with Crippen molar-refractivity contribution >= 4 is 11.9 Å². The van der Waals surface area contributed by atoms with Crippen LogP contribution in [0.5, 0.6) is 0 Å². The van der Waals surface area contributed by atoms with E-state index in [1.54, 1.807) is 32.1 Å². The van der Waals surface area contributed by atoms with E-state index in [2.05, 4.69) is 0 Å². The number of esters is 2. The molecule has 0 spiro atoms. The van der Waals surface area contributed by atoms with E-state index in [9.17, 15) is 14.0 Å². The summed E-state index contributed by atoms with van der Waals surface area (Å²) >= 11 is 0. The Morgan fingerprint density at radius 2 is 1.59 bits per heavy atom. The highest BCUT2D eigenvalue weighted by Gasteiger charge is 2.27. The highest BCUT2D eigenvalue weighted by Crippen LogP contribution is 2.11. The van der Waals surface area contributed by atoms with Crippen LogP contribution in [-0.2, 0) is 25.5 Å². The van der Waals surface area contributed by atoms with E-state index in [0.717, 1.165) is 5.56 Å². The van der Waals surface area contributed by atoms with Gasteiger partial charge in [0.2, 0.25) is 0 Å². The van der Waals surface area contributed by atoms with Gasteiger partial charge in [0.25, 0.3) is 0 Å². The summed E-state index contributed by atoms with van der Waals surface area (Å²) in [5.41, 5.74) is 0.946. The summed E-state index contributed by atoms with van der Waals surface area (Å²) in [4.78, 5) is 23.5. The van der Waals surface area contributed by atoms with Gasteiger partial charge in [0.15, 0.2) is 5.92 Å². The molecule has 0 aliphatic heterocycles. The van der Waals surface area contributed by atoms with Crippen molar-refractivity contribution in [2.24, 2.45) is 5.92 Å². The lowest BCUT2D eigenvalue weighted by molar-refractivity contribution is -0.161. The average Bonchev–Trinajstić information content (AvgIpc) is 2.49. The molecule has 0 atom stereocenters. The number of hydrogen-bond acceptors (Lipinski definition) is 4. The third kappa shape index (κ3) is 6.08. The van der Waals surface area contributed by atoms with Crippen molar-refractivity contribution in [1.82, 2.24) is 0 Å². The molecule has 1 rings (SSSR count). The molecule has 0 amide bonds. The zero-order valence-corrected chi connectivity index (χ0v) is 12.9. The number of rotatable bonds is 8. The van der Waals surface area contributed by atoms with Crippen molar-refractivity contribution in [1.29, 1.82) is 0 Å². The molecule has 1 aromatic carbocycles. The highest BCUT2D eigenvalue weighted by molar-refractivity contribution is 5.95. The molecule has 0 radical (unpaired) electrons. The van der Waals surface area contributed by atoms with Crippen LogP contribution in [0, 0.1) is 11.7 Å². The maximum absolute atomic E-state index is 12.8. The van der Waals surface area contributed by atoms with Gasteiger partial charge in [-0.05, 0) is 44.4 Å². The van der Waals surface area contributed by atoms with Gasteiger partial charge in [0.05, 0.1) is 13.2 Å². The lowest BCUT2D eigenvalue weighted by Gasteiger charge is -2.12. The first-order valence-corrected chi connectivity index (χ1v) is 7.31. The second-order valence-electron chi connectivity index (χ2n) is 4.59. The fraction of sp³-hybridized carbons (Fsp3) is 0.412. The molecule has 1 aromatic rings. The van der Waals surface area contributed by atoms with Crippen LogP contribution >= 0.6 is 0 Å². The van der Waals surface area contributed by atoms with Crippen molar-refractivity contribution in [2.45, 2.75) is 26.7 Å². The summed E-state index contributed by atoms with van der Waals surface area (Å²) in [7, 11) is 0. The predicted molar refractivity (Wildman–Crippen MR) is 80.6 cm³/mol. The molecule has 120 valence electrons. The lowest BCUT2D eigenvalue weighted by atomic mass is 10.0. The van der Waals surface area contributed by atoms with Gasteiger partial charge in [-0.3, -0.25) is 9.59 Å². The Labute approximate surface area is 129 Å². The Hall–Kier alpha value is -2.17. The van der Waals surface area contributed by atoms with E-state index < -0.39 is 17.9 Å². The van der Waals surface area contributed by atoms with E-state index in [-0.39, 0.29) is 25.5 Å². The quantitative estimate of drug-likeness (QED) is 0.421. The third-order valence-corrected chi connectivity index (χ3v) is 2.95. The Morgan fingerprint density at radius 3 is 2.09 bits per heavy atom. The second-order valence-corrected chi connectivity index (χ2v) is 4.59. The molecule has 0 aliphatic carbocycles. The summed E-state index contributed by atoms with van der Waals surface area (Å²) in [5.74, 6) is -2.37. The topological polar surface area (TPSA) is 52.6 Å². The number of carbonyl (C=O) groups excluding carboxylic acids is 2. The zero-order chi connectivity index (χ0) is 16.4. The van der Waals surface area contributed by atoms with Gasteiger partial charge in [0, 0.05) is 0 Å². The SMILES string of the molecule is CCOC(=O)C(C/C=C/Cc1ccc(F)cc1)C(=O)OCC. The average molecular weight is 308 g/mol. The molecular weight excluding hydrogens is 287 g/mol. The Kier molecular flexibility index (Phi) is 7.89. The number of halogens is 1. The Balaban J connectivity index is 2.57. The van der Waals surface area contributed by atoms with Crippen molar-refractivity contribution < 1.29 is 23.5 Å². The fourth-order valence-corrected chi connectivity index (χ4v) is 1.85. The largest absolute Gasteiger partial charge is 0.465 e. The normalized spacial score (nSPS) is 10.9. The van der Waals surface area contributed by atoms with Crippen LogP contribution in [0.2, 0.25) is 0 Å². The molecule has 5 heteroatoms. The van der Waals surface area contributed by atoms with Gasteiger partial charge in [-0.1, -0.05) is 24.3 Å². The zero-order valence-electron chi connectivity index (χ0n) is 12.9. The van der Waals surface area contributed by atoms with E-state index in [1.165, 1.54) is 12.1 Å². The molecular formula is C17H21FO4. The number of hydrogen-bond donors (Lipinski definition) is 0. The standard InChI is InChI=1S/C17H21FO4/c1-3-21-16(19)15(17(20)22-4-2)8-6-5-7-13-9-11-14(18)12-10-13/h5-6,9-12,15H,3-4,7-8H2,1-2H3/b6-5+. The molecule has 0 N–H and O–H groups in total. The number of benzene rings is 1. The molecule has 0 aliphatic rings. The van der Waals surface area contributed by atoms with Crippen molar-refractivity contribution in [3.63, 3.8) is 0 Å². The molecule has 0 unspecified atom stereocenters. The van der Waals surface area contributed by atoms with Crippen molar-refractivity contribution in [3.8, 4) is 0 Å². The molecule has 22 heavy (non-hydrogen) atoms. The second kappa shape index (κ2) is 9.71. The lowest BCUT2D eigenvalue weighted by Crippen LogP contribution is -2.27. The molecule has 0 saturated carbocycles. The van der Waals surface area contributed by atoms with Gasteiger partial charge in [0.1, 0.15) is 5.82 Å². The van der Waals surface area contributed by atoms with Crippen LogP contribution in [0.4, 0.5) is 4.39 Å². The highest BCUT2D eigenvalue weighted by atomic mass is 19.1. The molecule has 0 fully saturated rings. The first kappa shape index (κ1) is 17.9. The smallest absolute Gasteiger partial charge is 0.320 e. The van der Waals surface area contributed by atoms with E-state index in [0.29, 0.717) is 6.42 Å². The van der Waals surface area contributed by atoms with Gasteiger partial charge in [-0.25, -0.2) is 4.39 Å². The summed E-state index contributed by atoms with van der Waals surface area (Å²) in [6.45, 7) is 3.80. The van der Waals surface area contributed by atoms with E-state index >= 15 is 0 Å². The van der Waals surface area contributed by atoms with Crippen LogP contribution in [0.3, 0.4) is 0 Å². The third-order valence-electron chi connectivity index (χ3n) is 2.95. The predicted octanol–water partition coefficient (Wildman–Crippen LogP) is 3.06. The van der Waals surface area contributed by atoms with Crippen LogP contribution in [0.15, 0.2) is 36.4 Å². The van der Waals surface area contributed by atoms with Crippen molar-refractivity contribution in [2.75, 3.05) is 13.2 Å². The maximum Gasteiger partial charge on any atom is 0.320 e. The first-order valence-electron chi connectivity index (χ1n) is 7.31. The Morgan fingerprint density at radius 1 is 1.05 bits per heavy atom. The molecule has 0 saturated heterocycles. The maximum atomic E-state index is 12.8. The molecule has 0 aromatic heterocycles. The Bertz CT molecular complexity index is 490. The monoisotopic (exact) mass is 308 g/mol. The molecule has 4 nitrogen and oxygen atoms in total. The first-order chi connectivity index (χ1) is 10.6. The summed E-state index contributed by atoms with van der Waals surface area (Å²) in [6.07, 6.45) is 4.39. The molecule has 0 heterocycles. The minimum Gasteiger partial charge on any atom is -0.465 e. The van der Waals surface area contributed by atoms with E-state index in [4.69, 9.17) is 9.47 Å². The summed E-state index contributed by atoms with van der Waals surface area (Å²) in [6, 6.07) is 6.16. The summed E-state index contributed by atoms with van der Waals surface area (Å²) in [5, 5.41) is 0. The van der Waals surface area contributed by atoms with Gasteiger partial charge >= 0.3 is 11.9 Å². The van der Waals surface area contributed by atoms with Gasteiger partial charge in [-0.15, -0.1) is 0 Å². The van der Waals surface area contributed by atoms with Crippen LogP contribution in [-0.4, -0.2) is 25.2 Å². The number of allylic oxidation sites excluding steroid dienone is 2. The summed E-state index contributed by atoms with van der Waals surface area (Å²) < 4.78 is 22.6. The van der Waals surface area contributed by atoms with Crippen LogP contribution < -0.4 is 0 Å². The van der Waals surface area contributed by atoms with Crippen LogP contribution in [0.25, 0.3) is 0 Å². The van der Waals surface area contributed by atoms with Gasteiger partial charge < -0.3 is 9.47 Å². The minimum absolute atomic E-state index is 0.216. The van der Waals surface area contributed by atoms with Gasteiger partial charge in [-0.2, -0.15) is 0 Å². The number of carbonyl (C=O) groups is 2. The number of ether oxygens (including phenoxy) is 2.